The van der Waals surface area contributed by atoms with Crippen molar-refractivity contribution in [1.82, 2.24) is 5.32 Å². The molecule has 0 aliphatic carbocycles. The second-order valence-electron chi connectivity index (χ2n) is 7.06. The van der Waals surface area contributed by atoms with Gasteiger partial charge in [0.25, 0.3) is 5.91 Å². The molecule has 2 aromatic rings. The number of para-hydroxylation sites is 3. The van der Waals surface area contributed by atoms with Crippen LogP contribution in [0, 0.1) is 0 Å². The van der Waals surface area contributed by atoms with Crippen LogP contribution in [0.4, 0.5) is 5.69 Å². The number of ether oxygens (including phenoxy) is 3. The lowest BCUT2D eigenvalue weighted by molar-refractivity contribution is -0.129. The lowest BCUT2D eigenvalue weighted by Gasteiger charge is -2.30. The van der Waals surface area contributed by atoms with Gasteiger partial charge in [-0.25, -0.2) is 0 Å². The molecular formula is C22H24N2O5. The molecule has 0 spiro atoms. The highest BCUT2D eigenvalue weighted by Gasteiger charge is 2.33. The molecule has 7 heteroatoms. The molecule has 0 bridgehead atoms. The minimum Gasteiger partial charge on any atom is -0.485 e. The molecule has 2 atom stereocenters. The average molecular weight is 396 g/mol. The van der Waals surface area contributed by atoms with E-state index in [1.54, 1.807) is 24.3 Å². The minimum atomic E-state index is -0.823. The number of fused-ring (bicyclic) bond motifs is 1. The number of benzene rings is 2. The van der Waals surface area contributed by atoms with Crippen molar-refractivity contribution in [2.24, 2.45) is 0 Å². The topological polar surface area (TPSA) is 77.1 Å². The van der Waals surface area contributed by atoms with Gasteiger partial charge >= 0.3 is 0 Å². The third-order valence-corrected chi connectivity index (χ3v) is 4.97. The Labute approximate surface area is 169 Å². The maximum absolute atomic E-state index is 13.2. The Morgan fingerprint density at radius 2 is 1.79 bits per heavy atom. The summed E-state index contributed by atoms with van der Waals surface area (Å²) in [5.41, 5.74) is 0.632. The van der Waals surface area contributed by atoms with Crippen LogP contribution in [0.25, 0.3) is 0 Å². The van der Waals surface area contributed by atoms with Crippen LogP contribution in [-0.4, -0.2) is 50.3 Å². The van der Waals surface area contributed by atoms with Gasteiger partial charge in [-0.05, 0) is 37.1 Å². The van der Waals surface area contributed by atoms with E-state index in [2.05, 4.69) is 5.32 Å². The quantitative estimate of drug-likeness (QED) is 0.810. The fraction of sp³-hybridized carbons (Fsp3) is 0.364. The lowest BCUT2D eigenvalue weighted by Crippen LogP contribution is -2.50. The molecule has 0 saturated carbocycles. The molecule has 152 valence electrons. The number of nitrogens with one attached hydrogen (secondary N) is 1. The van der Waals surface area contributed by atoms with Crippen LogP contribution in [0.2, 0.25) is 0 Å². The van der Waals surface area contributed by atoms with Crippen LogP contribution >= 0.6 is 0 Å². The molecule has 0 unspecified atom stereocenters. The van der Waals surface area contributed by atoms with Crippen molar-refractivity contribution in [3.8, 4) is 11.5 Å². The van der Waals surface area contributed by atoms with E-state index in [9.17, 15) is 9.59 Å². The highest BCUT2D eigenvalue weighted by molar-refractivity contribution is 6.01. The minimum absolute atomic E-state index is 0.0476. The van der Waals surface area contributed by atoms with E-state index in [4.69, 9.17) is 14.2 Å². The zero-order chi connectivity index (χ0) is 20.1. The second-order valence-corrected chi connectivity index (χ2v) is 7.06. The Kier molecular flexibility index (Phi) is 5.95. The number of rotatable bonds is 6. The molecular weight excluding hydrogens is 372 g/mol. The van der Waals surface area contributed by atoms with Crippen molar-refractivity contribution in [1.29, 1.82) is 0 Å². The molecule has 0 radical (unpaired) electrons. The van der Waals surface area contributed by atoms with Gasteiger partial charge in [0.2, 0.25) is 12.0 Å². The summed E-state index contributed by atoms with van der Waals surface area (Å²) in [4.78, 5) is 27.2. The second kappa shape index (κ2) is 8.96. The molecule has 2 aromatic carbocycles. The van der Waals surface area contributed by atoms with Crippen molar-refractivity contribution in [3.05, 3.63) is 54.6 Å². The molecule has 7 nitrogen and oxygen atoms in total. The molecule has 29 heavy (non-hydrogen) atoms. The summed E-state index contributed by atoms with van der Waals surface area (Å²) in [7, 11) is 0. The van der Waals surface area contributed by atoms with Gasteiger partial charge in [-0.2, -0.15) is 0 Å². The number of nitrogens with zero attached hydrogens (tertiary/aromatic N) is 1. The molecule has 2 amide bonds. The van der Waals surface area contributed by atoms with E-state index < -0.39 is 6.10 Å². The first kappa shape index (κ1) is 19.3. The van der Waals surface area contributed by atoms with Gasteiger partial charge in [0.05, 0.1) is 6.10 Å². The standard InChI is InChI=1S/C22H24N2O5/c25-21(23-13-17-9-6-12-27-17)14-24(16-7-2-1-3-8-16)22(26)20-15-28-18-10-4-5-11-19(18)29-20/h1-5,7-8,10-11,17,20H,6,9,12-15H2,(H,23,25)/t17-,20+/m1/s1. The molecule has 1 saturated heterocycles. The van der Waals surface area contributed by atoms with Crippen LogP contribution < -0.4 is 19.7 Å². The maximum atomic E-state index is 13.2. The predicted octanol–water partition coefficient (Wildman–Crippen LogP) is 2.15. The van der Waals surface area contributed by atoms with E-state index in [0.717, 1.165) is 19.4 Å². The first-order valence-electron chi connectivity index (χ1n) is 9.84. The summed E-state index contributed by atoms with van der Waals surface area (Å²) in [6.45, 7) is 1.18. The Morgan fingerprint density at radius 1 is 1.03 bits per heavy atom. The molecule has 2 aliphatic rings. The molecule has 4 rings (SSSR count). The summed E-state index contributed by atoms with van der Waals surface area (Å²) in [5.74, 6) is 0.567. The number of hydrogen-bond acceptors (Lipinski definition) is 5. The number of carbonyl (C=O) groups excluding carboxylic acids is 2. The monoisotopic (exact) mass is 396 g/mol. The highest BCUT2D eigenvalue weighted by Crippen LogP contribution is 2.31. The van der Waals surface area contributed by atoms with E-state index in [1.165, 1.54) is 4.90 Å². The van der Waals surface area contributed by atoms with Crippen LogP contribution in [0.3, 0.4) is 0 Å². The smallest absolute Gasteiger partial charge is 0.272 e. The van der Waals surface area contributed by atoms with Gasteiger partial charge in [-0.3, -0.25) is 14.5 Å². The highest BCUT2D eigenvalue weighted by atomic mass is 16.6. The van der Waals surface area contributed by atoms with Gasteiger partial charge in [0.15, 0.2) is 11.5 Å². The lowest BCUT2D eigenvalue weighted by atomic mass is 10.2. The molecule has 1 fully saturated rings. The number of amides is 2. The fourth-order valence-corrected chi connectivity index (χ4v) is 3.45. The molecule has 2 aliphatic heterocycles. The van der Waals surface area contributed by atoms with Gasteiger partial charge < -0.3 is 19.5 Å². The number of hydrogen-bond donors (Lipinski definition) is 1. The average Bonchev–Trinajstić information content (AvgIpc) is 3.29. The molecule has 2 heterocycles. The SMILES string of the molecule is O=C(CN(C(=O)[C@@H]1COc2ccccc2O1)c1ccccc1)NC[C@H]1CCCO1. The van der Waals surface area contributed by atoms with Crippen LogP contribution in [-0.2, 0) is 14.3 Å². The van der Waals surface area contributed by atoms with Crippen LogP contribution in [0.1, 0.15) is 12.8 Å². The van der Waals surface area contributed by atoms with Gasteiger partial charge in [-0.1, -0.05) is 30.3 Å². The fourth-order valence-electron chi connectivity index (χ4n) is 3.45. The first-order valence-corrected chi connectivity index (χ1v) is 9.84. The summed E-state index contributed by atoms with van der Waals surface area (Å²) >= 11 is 0. The van der Waals surface area contributed by atoms with E-state index in [1.807, 2.05) is 30.3 Å². The number of carbonyl (C=O) groups is 2. The zero-order valence-electron chi connectivity index (χ0n) is 16.1. The van der Waals surface area contributed by atoms with Crippen molar-refractivity contribution in [3.63, 3.8) is 0 Å². The van der Waals surface area contributed by atoms with Crippen molar-refractivity contribution < 1.29 is 23.8 Å². The summed E-state index contributed by atoms with van der Waals surface area (Å²) in [6.07, 6.45) is 1.17. The molecule has 1 N–H and O–H groups in total. The van der Waals surface area contributed by atoms with Gasteiger partial charge in [0, 0.05) is 18.8 Å². The summed E-state index contributed by atoms with van der Waals surface area (Å²) in [6, 6.07) is 16.3. The van der Waals surface area contributed by atoms with Crippen LogP contribution in [0.15, 0.2) is 54.6 Å². The number of anilines is 1. The van der Waals surface area contributed by atoms with Gasteiger partial charge in [-0.15, -0.1) is 0 Å². The Bertz CT molecular complexity index is 851. The zero-order valence-corrected chi connectivity index (χ0v) is 16.1. The summed E-state index contributed by atoms with van der Waals surface area (Å²) in [5, 5.41) is 2.87. The Hall–Kier alpha value is -3.06. The van der Waals surface area contributed by atoms with Crippen molar-refractivity contribution >= 4 is 17.5 Å². The van der Waals surface area contributed by atoms with Crippen molar-refractivity contribution in [2.75, 3.05) is 31.2 Å². The summed E-state index contributed by atoms with van der Waals surface area (Å²) < 4.78 is 17.1. The Morgan fingerprint density at radius 3 is 2.55 bits per heavy atom. The Balaban J connectivity index is 1.45. The largest absolute Gasteiger partial charge is 0.485 e. The third-order valence-electron chi connectivity index (χ3n) is 4.97. The van der Waals surface area contributed by atoms with Crippen molar-refractivity contribution in [2.45, 2.75) is 25.0 Å². The van der Waals surface area contributed by atoms with E-state index in [0.29, 0.717) is 23.7 Å². The maximum Gasteiger partial charge on any atom is 0.272 e. The van der Waals surface area contributed by atoms with E-state index in [-0.39, 0.29) is 31.1 Å². The normalized spacial score (nSPS) is 20.1. The predicted molar refractivity (Wildman–Crippen MR) is 107 cm³/mol. The first-order chi connectivity index (χ1) is 14.2. The van der Waals surface area contributed by atoms with Gasteiger partial charge in [0.1, 0.15) is 13.2 Å². The molecule has 0 aromatic heterocycles. The van der Waals surface area contributed by atoms with E-state index >= 15 is 0 Å². The van der Waals surface area contributed by atoms with Crippen LogP contribution in [0.5, 0.6) is 11.5 Å². The third kappa shape index (κ3) is 4.68.